The number of sulfonamides is 1. The van der Waals surface area contributed by atoms with E-state index in [4.69, 9.17) is 11.6 Å². The van der Waals surface area contributed by atoms with Gasteiger partial charge in [0.1, 0.15) is 4.21 Å². The number of benzene rings is 1. The molecule has 3 aromatic rings. The SMILES string of the molecule is CCn1/c(=N/S(=O)(=O)c2ccc(Cl)s2)sc2cc(C)c(C)cc21. The van der Waals surface area contributed by atoms with Crippen LogP contribution in [-0.4, -0.2) is 13.0 Å². The number of fused-ring (bicyclic) bond motifs is 1. The van der Waals surface area contributed by atoms with E-state index >= 15 is 0 Å². The average molecular weight is 387 g/mol. The molecule has 0 N–H and O–H groups in total. The van der Waals surface area contributed by atoms with Crippen LogP contribution in [0.3, 0.4) is 0 Å². The summed E-state index contributed by atoms with van der Waals surface area (Å²) in [7, 11) is -3.74. The van der Waals surface area contributed by atoms with Crippen LogP contribution < -0.4 is 4.80 Å². The number of thiazole rings is 1. The fourth-order valence-corrected chi connectivity index (χ4v) is 6.12. The third-order valence-electron chi connectivity index (χ3n) is 3.62. The van der Waals surface area contributed by atoms with Crippen LogP contribution in [0.2, 0.25) is 4.34 Å². The molecule has 0 saturated heterocycles. The second kappa shape index (κ2) is 6.05. The van der Waals surface area contributed by atoms with Gasteiger partial charge in [0.15, 0.2) is 0 Å². The van der Waals surface area contributed by atoms with Crippen LogP contribution in [0, 0.1) is 13.8 Å². The summed E-state index contributed by atoms with van der Waals surface area (Å²) in [6.45, 7) is 6.73. The Bertz CT molecular complexity index is 1060. The summed E-state index contributed by atoms with van der Waals surface area (Å²) in [5, 5.41) is 0. The van der Waals surface area contributed by atoms with E-state index in [0.717, 1.165) is 21.6 Å². The van der Waals surface area contributed by atoms with E-state index in [2.05, 4.69) is 16.5 Å². The molecule has 4 nitrogen and oxygen atoms in total. The maximum atomic E-state index is 12.5. The predicted molar refractivity (Wildman–Crippen MR) is 97.0 cm³/mol. The molecule has 0 aliphatic rings. The van der Waals surface area contributed by atoms with Crippen molar-refractivity contribution < 1.29 is 8.42 Å². The van der Waals surface area contributed by atoms with E-state index in [1.165, 1.54) is 28.5 Å². The molecule has 3 rings (SSSR count). The van der Waals surface area contributed by atoms with Crippen LogP contribution in [0.1, 0.15) is 18.1 Å². The Morgan fingerprint density at radius 2 is 1.87 bits per heavy atom. The molecule has 0 aliphatic heterocycles. The third kappa shape index (κ3) is 3.10. The first-order valence-corrected chi connectivity index (χ1v) is 10.4. The van der Waals surface area contributed by atoms with Crippen molar-refractivity contribution in [2.24, 2.45) is 4.40 Å². The molecule has 0 aliphatic carbocycles. The Labute approximate surface area is 147 Å². The standard InChI is InChI=1S/C15H15ClN2O2S3/c1-4-18-11-7-9(2)10(3)8-12(11)21-15(18)17-23(19,20)14-6-5-13(16)22-14/h5-8H,4H2,1-3H3/b17-15-. The predicted octanol–water partition coefficient (Wildman–Crippen LogP) is 4.34. The summed E-state index contributed by atoms with van der Waals surface area (Å²) in [6.07, 6.45) is 0. The molecule has 122 valence electrons. The van der Waals surface area contributed by atoms with Crippen molar-refractivity contribution in [3.63, 3.8) is 0 Å². The lowest BCUT2D eigenvalue weighted by molar-refractivity contribution is 0.597. The van der Waals surface area contributed by atoms with Gasteiger partial charge in [0.05, 0.1) is 14.6 Å². The molecule has 23 heavy (non-hydrogen) atoms. The van der Waals surface area contributed by atoms with E-state index in [-0.39, 0.29) is 4.21 Å². The van der Waals surface area contributed by atoms with Gasteiger partial charge in [0.25, 0.3) is 10.0 Å². The van der Waals surface area contributed by atoms with Crippen molar-refractivity contribution in [3.8, 4) is 0 Å². The van der Waals surface area contributed by atoms with Gasteiger partial charge in [-0.15, -0.1) is 15.7 Å². The number of thiophene rings is 1. The minimum absolute atomic E-state index is 0.162. The monoisotopic (exact) mass is 386 g/mol. The van der Waals surface area contributed by atoms with Gasteiger partial charge in [-0.1, -0.05) is 22.9 Å². The zero-order valence-corrected chi connectivity index (χ0v) is 16.0. The lowest BCUT2D eigenvalue weighted by Gasteiger charge is -2.03. The van der Waals surface area contributed by atoms with E-state index in [1.54, 1.807) is 6.07 Å². The normalized spacial score (nSPS) is 13.1. The van der Waals surface area contributed by atoms with Crippen molar-refractivity contribution >= 4 is 54.5 Å². The highest BCUT2D eigenvalue weighted by Gasteiger charge is 2.17. The summed E-state index contributed by atoms with van der Waals surface area (Å²) < 4.78 is 32.6. The van der Waals surface area contributed by atoms with E-state index in [1.807, 2.05) is 25.3 Å². The van der Waals surface area contributed by atoms with Crippen LogP contribution in [0.15, 0.2) is 32.9 Å². The number of rotatable bonds is 3. The quantitative estimate of drug-likeness (QED) is 0.672. The second-order valence-electron chi connectivity index (χ2n) is 5.16. The Morgan fingerprint density at radius 3 is 2.48 bits per heavy atom. The third-order valence-corrected chi connectivity index (χ3v) is 7.74. The second-order valence-corrected chi connectivity index (χ2v) is 9.71. The highest BCUT2D eigenvalue weighted by Crippen LogP contribution is 2.27. The molecule has 0 fully saturated rings. The lowest BCUT2D eigenvalue weighted by Crippen LogP contribution is -2.15. The molecule has 0 amide bonds. The number of nitrogens with zero attached hydrogens (tertiary/aromatic N) is 2. The summed E-state index contributed by atoms with van der Waals surface area (Å²) in [5.74, 6) is 0. The molecule has 0 atom stereocenters. The van der Waals surface area contributed by atoms with Crippen LogP contribution in [0.4, 0.5) is 0 Å². The first-order chi connectivity index (χ1) is 10.8. The van der Waals surface area contributed by atoms with Crippen LogP contribution in [0.5, 0.6) is 0 Å². The first-order valence-electron chi connectivity index (χ1n) is 6.99. The Kier molecular flexibility index (Phi) is 4.39. The first kappa shape index (κ1) is 16.7. The zero-order valence-electron chi connectivity index (χ0n) is 12.8. The smallest absolute Gasteiger partial charge is 0.294 e. The largest absolute Gasteiger partial charge is 0.316 e. The molecule has 2 heterocycles. The summed E-state index contributed by atoms with van der Waals surface area (Å²) in [5.41, 5.74) is 3.37. The summed E-state index contributed by atoms with van der Waals surface area (Å²) in [4.78, 5) is 0.483. The highest BCUT2D eigenvalue weighted by molar-refractivity contribution is 7.92. The van der Waals surface area contributed by atoms with E-state index in [0.29, 0.717) is 15.7 Å². The molecular formula is C15H15ClN2O2S3. The van der Waals surface area contributed by atoms with Crippen molar-refractivity contribution in [3.05, 3.63) is 44.5 Å². The number of aromatic nitrogens is 1. The zero-order chi connectivity index (χ0) is 16.8. The molecule has 2 aromatic heterocycles. The van der Waals surface area contributed by atoms with Crippen molar-refractivity contribution in [2.75, 3.05) is 0 Å². The molecule has 0 bridgehead atoms. The van der Waals surface area contributed by atoms with Gasteiger partial charge in [-0.2, -0.15) is 8.42 Å². The fourth-order valence-electron chi connectivity index (χ4n) is 2.28. The molecule has 0 unspecified atom stereocenters. The maximum Gasteiger partial charge on any atom is 0.294 e. The molecule has 8 heteroatoms. The van der Waals surface area contributed by atoms with Crippen LogP contribution in [-0.2, 0) is 16.6 Å². The molecule has 1 aromatic carbocycles. The number of hydrogen-bond acceptors (Lipinski definition) is 4. The Morgan fingerprint density at radius 1 is 1.17 bits per heavy atom. The number of halogens is 1. The van der Waals surface area contributed by atoms with Gasteiger partial charge in [0, 0.05) is 6.54 Å². The fraction of sp³-hybridized carbons (Fsp3) is 0.267. The average Bonchev–Trinajstić information content (AvgIpc) is 3.03. The molecule has 0 spiro atoms. The molecule has 0 radical (unpaired) electrons. The number of aryl methyl sites for hydroxylation is 3. The Balaban J connectivity index is 2.27. The van der Waals surface area contributed by atoms with Crippen molar-refractivity contribution in [1.82, 2.24) is 4.57 Å². The maximum absolute atomic E-state index is 12.5. The minimum atomic E-state index is -3.74. The van der Waals surface area contributed by atoms with E-state index in [9.17, 15) is 8.42 Å². The molecular weight excluding hydrogens is 372 g/mol. The minimum Gasteiger partial charge on any atom is -0.316 e. The number of hydrogen-bond donors (Lipinski definition) is 0. The van der Waals surface area contributed by atoms with Crippen LogP contribution in [0.25, 0.3) is 10.2 Å². The topological polar surface area (TPSA) is 51.4 Å². The van der Waals surface area contributed by atoms with E-state index < -0.39 is 10.0 Å². The summed E-state index contributed by atoms with van der Waals surface area (Å²) in [6, 6.07) is 7.22. The van der Waals surface area contributed by atoms with Gasteiger partial charge in [-0.25, -0.2) is 0 Å². The summed E-state index contributed by atoms with van der Waals surface area (Å²) >= 11 is 8.24. The van der Waals surface area contributed by atoms with Crippen LogP contribution >= 0.6 is 34.3 Å². The van der Waals surface area contributed by atoms with Gasteiger partial charge in [0.2, 0.25) is 4.80 Å². The van der Waals surface area contributed by atoms with Gasteiger partial charge >= 0.3 is 0 Å². The highest BCUT2D eigenvalue weighted by atomic mass is 35.5. The van der Waals surface area contributed by atoms with Gasteiger partial charge in [-0.05, 0) is 56.2 Å². The Hall–Kier alpha value is -1.15. The van der Waals surface area contributed by atoms with Gasteiger partial charge < -0.3 is 4.57 Å². The molecule has 0 saturated carbocycles. The van der Waals surface area contributed by atoms with Crippen molar-refractivity contribution in [2.45, 2.75) is 31.5 Å². The van der Waals surface area contributed by atoms with Crippen molar-refractivity contribution in [1.29, 1.82) is 0 Å². The van der Waals surface area contributed by atoms with Gasteiger partial charge in [-0.3, -0.25) is 0 Å². The lowest BCUT2D eigenvalue weighted by atomic mass is 10.1.